The summed E-state index contributed by atoms with van der Waals surface area (Å²) in [5.41, 5.74) is 2.02. The van der Waals surface area contributed by atoms with Crippen LogP contribution in [-0.2, 0) is 4.79 Å². The van der Waals surface area contributed by atoms with Crippen molar-refractivity contribution < 1.29 is 9.18 Å². The van der Waals surface area contributed by atoms with E-state index in [1.54, 1.807) is 22.9 Å². The first kappa shape index (κ1) is 18.5. The largest absolute Gasteiger partial charge is 0.368 e. The van der Waals surface area contributed by atoms with Crippen molar-refractivity contribution >= 4 is 47.2 Å². The SMILES string of the molecule is BC1=C(N(CCF)C(=O)CCSCl)SC(c2cccnc2)N1C. The molecule has 0 spiro atoms. The van der Waals surface area contributed by atoms with Crippen LogP contribution in [-0.4, -0.2) is 54.6 Å². The average molecular weight is 374 g/mol. The van der Waals surface area contributed by atoms with Crippen LogP contribution in [0.25, 0.3) is 0 Å². The highest BCUT2D eigenvalue weighted by Crippen LogP contribution is 2.46. The van der Waals surface area contributed by atoms with Crippen molar-refractivity contribution in [3.05, 3.63) is 40.7 Å². The highest BCUT2D eigenvalue weighted by atomic mass is 35.7. The van der Waals surface area contributed by atoms with Gasteiger partial charge in [0, 0.05) is 37.2 Å². The maximum absolute atomic E-state index is 12.9. The van der Waals surface area contributed by atoms with E-state index in [0.29, 0.717) is 12.2 Å². The van der Waals surface area contributed by atoms with E-state index in [9.17, 15) is 9.18 Å². The Hall–Kier alpha value is -0.855. The molecule has 0 aliphatic carbocycles. The number of alkyl halides is 1. The summed E-state index contributed by atoms with van der Waals surface area (Å²) in [6.45, 7) is -0.503. The van der Waals surface area contributed by atoms with Crippen molar-refractivity contribution in [1.82, 2.24) is 14.8 Å². The van der Waals surface area contributed by atoms with Crippen molar-refractivity contribution in [2.24, 2.45) is 0 Å². The van der Waals surface area contributed by atoms with Crippen LogP contribution in [0.2, 0.25) is 0 Å². The average Bonchev–Trinajstić information content (AvgIpc) is 2.87. The molecule has 1 aliphatic heterocycles. The number of rotatable bonds is 7. The Bertz CT molecular complexity index is 578. The summed E-state index contributed by atoms with van der Waals surface area (Å²) in [7, 11) is 10.6. The van der Waals surface area contributed by atoms with Gasteiger partial charge >= 0.3 is 0 Å². The molecule has 124 valence electrons. The summed E-state index contributed by atoms with van der Waals surface area (Å²) >= 11 is 1.55. The Kier molecular flexibility index (Phi) is 7.11. The third-order valence-electron chi connectivity index (χ3n) is 3.63. The van der Waals surface area contributed by atoms with Crippen LogP contribution in [0.4, 0.5) is 4.39 Å². The smallest absolute Gasteiger partial charge is 0.228 e. The van der Waals surface area contributed by atoms with E-state index >= 15 is 0 Å². The Morgan fingerprint density at radius 3 is 3.04 bits per heavy atom. The van der Waals surface area contributed by atoms with Gasteiger partial charge in [-0.25, -0.2) is 4.39 Å². The van der Waals surface area contributed by atoms with Crippen LogP contribution in [0.1, 0.15) is 17.4 Å². The van der Waals surface area contributed by atoms with E-state index in [0.717, 1.165) is 27.2 Å². The number of halogens is 2. The van der Waals surface area contributed by atoms with Crippen molar-refractivity contribution in [3.8, 4) is 0 Å². The van der Waals surface area contributed by atoms with E-state index < -0.39 is 6.67 Å². The highest BCUT2D eigenvalue weighted by Gasteiger charge is 2.33. The van der Waals surface area contributed by atoms with Crippen molar-refractivity contribution in [2.75, 3.05) is 26.0 Å². The van der Waals surface area contributed by atoms with Crippen LogP contribution in [0.15, 0.2) is 35.2 Å². The molecule has 0 N–H and O–H groups in total. The monoisotopic (exact) mass is 373 g/mol. The van der Waals surface area contributed by atoms with E-state index in [4.69, 9.17) is 10.7 Å². The molecule has 0 aromatic carbocycles. The van der Waals surface area contributed by atoms with Crippen LogP contribution in [0.5, 0.6) is 0 Å². The minimum atomic E-state index is -0.571. The Morgan fingerprint density at radius 2 is 2.43 bits per heavy atom. The molecule has 0 fully saturated rings. The topological polar surface area (TPSA) is 36.4 Å². The molecular formula is C14H18BClFN3OS2. The number of nitrogens with zero attached hydrogens (tertiary/aromatic N) is 3. The standard InChI is InChI=1S/C14H18BClFN3OS2/c1-19-12(15)14(20(7-5-17)11(21)4-8-22-16)23-13(19)10-3-2-6-18-9-10/h2-3,6,9,13H,4-5,7-8,15H2,1H3. The van der Waals surface area contributed by atoms with Gasteiger partial charge in [0.15, 0.2) is 7.85 Å². The fourth-order valence-corrected chi connectivity index (χ4v) is 4.28. The van der Waals surface area contributed by atoms with Gasteiger partial charge in [-0.05, 0) is 22.3 Å². The van der Waals surface area contributed by atoms with Gasteiger partial charge in [-0.1, -0.05) is 28.8 Å². The predicted octanol–water partition coefficient (Wildman–Crippen LogP) is 2.59. The van der Waals surface area contributed by atoms with E-state index in [1.165, 1.54) is 0 Å². The summed E-state index contributed by atoms with van der Waals surface area (Å²) < 4.78 is 12.9. The molecule has 1 aromatic rings. The first-order chi connectivity index (χ1) is 11.1. The fourth-order valence-electron chi connectivity index (χ4n) is 2.35. The third kappa shape index (κ3) is 4.36. The lowest BCUT2D eigenvalue weighted by molar-refractivity contribution is -0.128. The Labute approximate surface area is 149 Å². The summed E-state index contributed by atoms with van der Waals surface area (Å²) in [5, 5.41) is 0.847. The molecule has 2 heterocycles. The predicted molar refractivity (Wildman–Crippen MR) is 98.5 cm³/mol. The van der Waals surface area contributed by atoms with Gasteiger partial charge in [0.25, 0.3) is 0 Å². The number of pyridine rings is 1. The molecule has 1 unspecified atom stereocenters. The molecule has 1 aromatic heterocycles. The molecule has 0 radical (unpaired) electrons. The number of aromatic nitrogens is 1. The highest BCUT2D eigenvalue weighted by molar-refractivity contribution is 8.21. The molecule has 2 rings (SSSR count). The van der Waals surface area contributed by atoms with Crippen LogP contribution < -0.4 is 0 Å². The van der Waals surface area contributed by atoms with Gasteiger partial charge in [-0.15, -0.1) is 0 Å². The summed E-state index contributed by atoms with van der Waals surface area (Å²) in [5.74, 6) is 0.417. The van der Waals surface area contributed by atoms with Crippen LogP contribution >= 0.6 is 33.4 Å². The quantitative estimate of drug-likeness (QED) is 0.687. The lowest BCUT2D eigenvalue weighted by Gasteiger charge is -2.22. The van der Waals surface area contributed by atoms with E-state index in [2.05, 4.69) is 9.88 Å². The summed E-state index contributed by atoms with van der Waals surface area (Å²) in [4.78, 5) is 20.2. The second-order valence-electron chi connectivity index (χ2n) is 5.06. The van der Waals surface area contributed by atoms with Gasteiger partial charge in [0.05, 0.1) is 11.6 Å². The Balaban J connectivity index is 2.20. The first-order valence-corrected chi connectivity index (χ1v) is 9.89. The van der Waals surface area contributed by atoms with Crippen molar-refractivity contribution in [1.29, 1.82) is 0 Å². The molecule has 0 saturated carbocycles. The zero-order valence-electron chi connectivity index (χ0n) is 13.0. The van der Waals surface area contributed by atoms with Gasteiger partial charge in [-0.3, -0.25) is 9.78 Å². The van der Waals surface area contributed by atoms with Gasteiger partial charge in [0.1, 0.15) is 12.0 Å². The number of hydrogen-bond acceptors (Lipinski definition) is 5. The second-order valence-corrected chi connectivity index (χ2v) is 7.41. The first-order valence-electron chi connectivity index (χ1n) is 7.20. The van der Waals surface area contributed by atoms with Crippen LogP contribution in [0, 0.1) is 0 Å². The molecule has 23 heavy (non-hydrogen) atoms. The van der Waals surface area contributed by atoms with Gasteiger partial charge in [0.2, 0.25) is 5.91 Å². The zero-order chi connectivity index (χ0) is 16.8. The lowest BCUT2D eigenvalue weighted by Crippen LogP contribution is -2.32. The zero-order valence-corrected chi connectivity index (χ0v) is 15.4. The van der Waals surface area contributed by atoms with Crippen molar-refractivity contribution in [3.63, 3.8) is 0 Å². The lowest BCUT2D eigenvalue weighted by atomic mass is 10.0. The molecular weight excluding hydrogens is 356 g/mol. The third-order valence-corrected chi connectivity index (χ3v) is 6.00. The van der Waals surface area contributed by atoms with E-state index in [-0.39, 0.29) is 17.8 Å². The molecule has 1 aliphatic rings. The molecule has 0 saturated heterocycles. The maximum Gasteiger partial charge on any atom is 0.228 e. The summed E-state index contributed by atoms with van der Waals surface area (Å²) in [6, 6.07) is 3.89. The second kappa shape index (κ2) is 8.85. The van der Waals surface area contributed by atoms with E-state index in [1.807, 2.05) is 33.2 Å². The number of thioether (sulfide) groups is 1. The molecule has 0 bridgehead atoms. The Morgan fingerprint density at radius 1 is 1.65 bits per heavy atom. The minimum Gasteiger partial charge on any atom is -0.368 e. The number of hydrogen-bond donors (Lipinski definition) is 0. The maximum atomic E-state index is 12.9. The molecule has 1 atom stereocenters. The minimum absolute atomic E-state index is 0.0380. The van der Waals surface area contributed by atoms with Gasteiger partial charge < -0.3 is 9.80 Å². The normalized spacial score (nSPS) is 17.7. The number of amides is 1. The van der Waals surface area contributed by atoms with Crippen molar-refractivity contribution in [2.45, 2.75) is 11.8 Å². The van der Waals surface area contributed by atoms with Gasteiger partial charge in [-0.2, -0.15) is 0 Å². The number of carbonyl (C=O) groups excluding carboxylic acids is 1. The van der Waals surface area contributed by atoms with Crippen LogP contribution in [0.3, 0.4) is 0 Å². The number of carbonyl (C=O) groups is 1. The molecule has 9 heteroatoms. The summed E-state index contributed by atoms with van der Waals surface area (Å²) in [6.07, 6.45) is 3.84. The fraction of sp³-hybridized carbons (Fsp3) is 0.429. The molecule has 1 amide bonds. The molecule has 4 nitrogen and oxygen atoms in total.